The zero-order valence-electron chi connectivity index (χ0n) is 9.74. The topological polar surface area (TPSA) is 0 Å². The molecule has 0 fully saturated rings. The van der Waals surface area contributed by atoms with Gasteiger partial charge in [-0.1, -0.05) is 61.7 Å². The van der Waals surface area contributed by atoms with E-state index in [0.717, 1.165) is 15.1 Å². The number of fused-ring (bicyclic) bond motifs is 1. The maximum absolute atomic E-state index is 6.31. The summed E-state index contributed by atoms with van der Waals surface area (Å²) in [5, 5.41) is 4.26. The maximum atomic E-state index is 6.31. The van der Waals surface area contributed by atoms with Gasteiger partial charge in [-0.3, -0.25) is 0 Å². The molecule has 0 amide bonds. The summed E-state index contributed by atoms with van der Waals surface area (Å²) in [7, 11) is 0. The molecule has 0 nitrogen and oxygen atoms in total. The van der Waals surface area contributed by atoms with Crippen LogP contribution in [0.25, 0.3) is 10.1 Å². The minimum Gasteiger partial charge on any atom is -0.143 e. The molecule has 4 heteroatoms. The lowest BCUT2D eigenvalue weighted by Crippen LogP contribution is -1.92. The van der Waals surface area contributed by atoms with Gasteiger partial charge in [0.05, 0.1) is 4.83 Å². The highest BCUT2D eigenvalue weighted by atomic mass is 79.9. The highest BCUT2D eigenvalue weighted by Gasteiger charge is 2.17. The van der Waals surface area contributed by atoms with Gasteiger partial charge >= 0.3 is 0 Å². The van der Waals surface area contributed by atoms with Crippen molar-refractivity contribution in [2.75, 3.05) is 0 Å². The molecule has 0 saturated carbocycles. The summed E-state index contributed by atoms with van der Waals surface area (Å²) in [6, 6.07) is 14.4. The minimum absolute atomic E-state index is 0.105. The molecule has 0 bridgehead atoms. The first-order chi connectivity index (χ1) is 9.16. The van der Waals surface area contributed by atoms with Crippen LogP contribution in [0.5, 0.6) is 0 Å². The van der Waals surface area contributed by atoms with E-state index < -0.39 is 0 Å². The number of hydrogen-bond donors (Lipinski definition) is 0. The third-order valence-corrected chi connectivity index (χ3v) is 5.82. The maximum Gasteiger partial charge on any atom is 0.0673 e. The summed E-state index contributed by atoms with van der Waals surface area (Å²) in [5.74, 6) is 0. The Morgan fingerprint density at radius 3 is 2.68 bits per heavy atom. The van der Waals surface area contributed by atoms with E-state index in [4.69, 9.17) is 11.6 Å². The molecule has 1 heterocycles. The quantitative estimate of drug-likeness (QED) is 0.403. The largest absolute Gasteiger partial charge is 0.143 e. The van der Waals surface area contributed by atoms with Gasteiger partial charge in [0.1, 0.15) is 0 Å². The van der Waals surface area contributed by atoms with Gasteiger partial charge in [0.25, 0.3) is 0 Å². The van der Waals surface area contributed by atoms with E-state index in [0.29, 0.717) is 0 Å². The fourth-order valence-electron chi connectivity index (χ4n) is 2.07. The lowest BCUT2D eigenvalue weighted by Gasteiger charge is -2.12. The summed E-state index contributed by atoms with van der Waals surface area (Å²) in [6.45, 7) is 0. The molecular weight excluding hydrogens is 407 g/mol. The second kappa shape index (κ2) is 5.57. The SMILES string of the molecule is Clc1ccc(Br)cc1C(Br)c1csc2ccccc12. The zero-order chi connectivity index (χ0) is 13.4. The van der Waals surface area contributed by atoms with Gasteiger partial charge in [0.15, 0.2) is 0 Å². The third-order valence-electron chi connectivity index (χ3n) is 3.02. The molecule has 1 atom stereocenters. The predicted octanol–water partition coefficient (Wildman–Crippen LogP) is 6.80. The number of benzene rings is 2. The molecule has 19 heavy (non-hydrogen) atoms. The number of thiophene rings is 1. The molecular formula is C15H9Br2ClS. The first-order valence-electron chi connectivity index (χ1n) is 5.72. The van der Waals surface area contributed by atoms with Crippen LogP contribution >= 0.6 is 54.8 Å². The van der Waals surface area contributed by atoms with Crippen LogP contribution in [0.2, 0.25) is 5.02 Å². The number of hydrogen-bond acceptors (Lipinski definition) is 1. The highest BCUT2D eigenvalue weighted by Crippen LogP contribution is 2.41. The van der Waals surface area contributed by atoms with Gasteiger partial charge in [-0.25, -0.2) is 0 Å². The van der Waals surface area contributed by atoms with Gasteiger partial charge in [-0.05, 0) is 46.2 Å². The highest BCUT2D eigenvalue weighted by molar-refractivity contribution is 9.10. The Hall–Kier alpha value is -0.350. The van der Waals surface area contributed by atoms with Gasteiger partial charge in [-0.2, -0.15) is 0 Å². The van der Waals surface area contributed by atoms with Gasteiger partial charge in [-0.15, -0.1) is 11.3 Å². The fourth-order valence-corrected chi connectivity index (χ4v) is 4.73. The summed E-state index contributed by atoms with van der Waals surface area (Å²) < 4.78 is 2.34. The van der Waals surface area contributed by atoms with E-state index in [1.807, 2.05) is 12.1 Å². The fraction of sp³-hybridized carbons (Fsp3) is 0.0667. The molecule has 96 valence electrons. The van der Waals surface area contributed by atoms with Gasteiger partial charge in [0.2, 0.25) is 0 Å². The molecule has 0 saturated heterocycles. The molecule has 0 spiro atoms. The monoisotopic (exact) mass is 414 g/mol. The van der Waals surface area contributed by atoms with Gasteiger partial charge < -0.3 is 0 Å². The molecule has 0 radical (unpaired) electrons. The average molecular weight is 417 g/mol. The van der Waals surface area contributed by atoms with Crippen LogP contribution in [0.3, 0.4) is 0 Å². The molecule has 0 aliphatic heterocycles. The van der Waals surface area contributed by atoms with Crippen LogP contribution in [0.1, 0.15) is 16.0 Å². The van der Waals surface area contributed by atoms with Crippen LogP contribution in [-0.2, 0) is 0 Å². The van der Waals surface area contributed by atoms with E-state index in [-0.39, 0.29) is 4.83 Å². The number of rotatable bonds is 2. The minimum atomic E-state index is 0.105. The van der Waals surface area contributed by atoms with E-state index in [2.05, 4.69) is 67.6 Å². The molecule has 3 rings (SSSR count). The van der Waals surface area contributed by atoms with E-state index in [9.17, 15) is 0 Å². The van der Waals surface area contributed by atoms with Crippen LogP contribution in [0, 0.1) is 0 Å². The van der Waals surface area contributed by atoms with Crippen molar-refractivity contribution < 1.29 is 0 Å². The normalized spacial score (nSPS) is 12.8. The molecule has 1 aromatic heterocycles. The van der Waals surface area contributed by atoms with Crippen LogP contribution in [0.4, 0.5) is 0 Å². The Labute approximate surface area is 137 Å². The van der Waals surface area contributed by atoms with Crippen molar-refractivity contribution in [2.24, 2.45) is 0 Å². The molecule has 1 unspecified atom stereocenters. The van der Waals surface area contributed by atoms with Crippen molar-refractivity contribution in [2.45, 2.75) is 4.83 Å². The summed E-state index contributed by atoms with van der Waals surface area (Å²) in [5.41, 5.74) is 2.35. The Bertz CT molecular complexity index is 736. The van der Waals surface area contributed by atoms with Crippen LogP contribution in [-0.4, -0.2) is 0 Å². The molecule has 3 aromatic rings. The Morgan fingerprint density at radius 2 is 1.84 bits per heavy atom. The van der Waals surface area contributed by atoms with E-state index >= 15 is 0 Å². The Balaban J connectivity index is 2.13. The van der Waals surface area contributed by atoms with Crippen LogP contribution < -0.4 is 0 Å². The van der Waals surface area contributed by atoms with E-state index in [1.165, 1.54) is 15.6 Å². The molecule has 0 aliphatic carbocycles. The van der Waals surface area contributed by atoms with Crippen molar-refractivity contribution >= 4 is 64.9 Å². The van der Waals surface area contributed by atoms with Crippen molar-refractivity contribution in [3.8, 4) is 0 Å². The second-order valence-corrected chi connectivity index (χ2v) is 7.37. The number of halogens is 3. The first kappa shape index (κ1) is 13.6. The summed E-state index contributed by atoms with van der Waals surface area (Å²) in [6.07, 6.45) is 0. The smallest absolute Gasteiger partial charge is 0.0673 e. The van der Waals surface area contributed by atoms with Crippen molar-refractivity contribution in [3.05, 3.63) is 68.5 Å². The summed E-state index contributed by atoms with van der Waals surface area (Å²) >= 11 is 15.4. The lowest BCUT2D eigenvalue weighted by molar-refractivity contribution is 1.20. The molecule has 0 N–H and O–H groups in total. The van der Waals surface area contributed by atoms with Crippen molar-refractivity contribution in [1.29, 1.82) is 0 Å². The first-order valence-corrected chi connectivity index (χ1v) is 8.68. The predicted molar refractivity (Wildman–Crippen MR) is 91.7 cm³/mol. The average Bonchev–Trinajstić information content (AvgIpc) is 2.84. The third kappa shape index (κ3) is 2.62. The van der Waals surface area contributed by atoms with Crippen LogP contribution in [0.15, 0.2) is 52.3 Å². The van der Waals surface area contributed by atoms with Gasteiger partial charge in [0, 0.05) is 14.2 Å². The van der Waals surface area contributed by atoms with Crippen molar-refractivity contribution in [3.63, 3.8) is 0 Å². The number of alkyl halides is 1. The Kier molecular flexibility index (Phi) is 3.99. The zero-order valence-corrected chi connectivity index (χ0v) is 14.5. The van der Waals surface area contributed by atoms with E-state index in [1.54, 1.807) is 11.3 Å². The lowest BCUT2D eigenvalue weighted by atomic mass is 10.0. The summed E-state index contributed by atoms with van der Waals surface area (Å²) in [4.78, 5) is 0.105. The second-order valence-electron chi connectivity index (χ2n) is 4.22. The van der Waals surface area contributed by atoms with Crippen molar-refractivity contribution in [1.82, 2.24) is 0 Å². The molecule has 2 aromatic carbocycles. The Morgan fingerprint density at radius 1 is 1.05 bits per heavy atom. The molecule has 0 aliphatic rings. The standard InChI is InChI=1S/C15H9Br2ClS/c16-9-5-6-13(18)11(7-9)15(17)12-8-19-14-4-2-1-3-10(12)14/h1-8,15H.